The standard InChI is InChI=1S/C16H19ClN2O3/c17-12-6-4-11(5-7-12)14(20)8-9-15(21)19-10-2-1-3-13(19)16(18)22/h4-7,13H,1-3,8-10H2,(H2,18,22). The number of Topliss-reactive ketones (excluding diaryl/α,β-unsaturated/α-hetero) is 1. The summed E-state index contributed by atoms with van der Waals surface area (Å²) in [5.41, 5.74) is 5.87. The normalized spacial score (nSPS) is 18.0. The number of nitrogens with two attached hydrogens (primary N) is 1. The van der Waals surface area contributed by atoms with E-state index < -0.39 is 11.9 Å². The predicted molar refractivity (Wildman–Crippen MR) is 83.6 cm³/mol. The second-order valence-corrected chi connectivity index (χ2v) is 5.87. The summed E-state index contributed by atoms with van der Waals surface area (Å²) >= 11 is 5.78. The van der Waals surface area contributed by atoms with Gasteiger partial charge in [-0.1, -0.05) is 11.6 Å². The Hall–Kier alpha value is -1.88. The summed E-state index contributed by atoms with van der Waals surface area (Å²) in [4.78, 5) is 37.2. The van der Waals surface area contributed by atoms with Crippen molar-refractivity contribution in [1.29, 1.82) is 0 Å². The fourth-order valence-electron chi connectivity index (χ4n) is 2.67. The van der Waals surface area contributed by atoms with Crippen molar-refractivity contribution < 1.29 is 14.4 Å². The molecule has 5 nitrogen and oxygen atoms in total. The topological polar surface area (TPSA) is 80.5 Å². The number of rotatable bonds is 5. The van der Waals surface area contributed by atoms with Crippen molar-refractivity contribution in [1.82, 2.24) is 4.90 Å². The van der Waals surface area contributed by atoms with E-state index in [4.69, 9.17) is 17.3 Å². The van der Waals surface area contributed by atoms with Crippen LogP contribution in [0.4, 0.5) is 0 Å². The number of benzene rings is 1. The summed E-state index contributed by atoms with van der Waals surface area (Å²) in [7, 11) is 0. The van der Waals surface area contributed by atoms with Crippen LogP contribution in [0.5, 0.6) is 0 Å². The van der Waals surface area contributed by atoms with Crippen LogP contribution < -0.4 is 5.73 Å². The Labute approximate surface area is 134 Å². The molecule has 1 aromatic carbocycles. The van der Waals surface area contributed by atoms with Gasteiger partial charge in [0.25, 0.3) is 0 Å². The van der Waals surface area contributed by atoms with Gasteiger partial charge in [0.2, 0.25) is 11.8 Å². The first-order chi connectivity index (χ1) is 10.5. The number of nitrogens with zero attached hydrogens (tertiary/aromatic N) is 1. The first-order valence-electron chi connectivity index (χ1n) is 7.36. The number of carbonyl (C=O) groups is 3. The van der Waals surface area contributed by atoms with E-state index in [1.54, 1.807) is 24.3 Å². The SMILES string of the molecule is NC(=O)C1CCCCN1C(=O)CCC(=O)c1ccc(Cl)cc1. The lowest BCUT2D eigenvalue weighted by molar-refractivity contribution is -0.141. The monoisotopic (exact) mass is 322 g/mol. The average molecular weight is 323 g/mol. The van der Waals surface area contributed by atoms with E-state index in [2.05, 4.69) is 0 Å². The second-order valence-electron chi connectivity index (χ2n) is 5.43. The lowest BCUT2D eigenvalue weighted by Crippen LogP contribution is -2.50. The Morgan fingerprint density at radius 2 is 1.82 bits per heavy atom. The number of carbonyl (C=O) groups excluding carboxylic acids is 3. The number of likely N-dealkylation sites (tertiary alicyclic amines) is 1. The number of hydrogen-bond acceptors (Lipinski definition) is 3. The van der Waals surface area contributed by atoms with Crippen LogP contribution in [0.2, 0.25) is 5.02 Å². The fourth-order valence-corrected chi connectivity index (χ4v) is 2.80. The Morgan fingerprint density at radius 3 is 2.45 bits per heavy atom. The van der Waals surface area contributed by atoms with E-state index in [0.717, 1.165) is 12.8 Å². The molecule has 2 rings (SSSR count). The van der Waals surface area contributed by atoms with E-state index in [1.807, 2.05) is 0 Å². The molecular weight excluding hydrogens is 304 g/mol. The molecule has 0 bridgehead atoms. The van der Waals surface area contributed by atoms with Gasteiger partial charge in [0.1, 0.15) is 6.04 Å². The molecule has 0 aromatic heterocycles. The summed E-state index contributed by atoms with van der Waals surface area (Å²) < 4.78 is 0. The van der Waals surface area contributed by atoms with Crippen LogP contribution in [0.1, 0.15) is 42.5 Å². The number of piperidine rings is 1. The molecule has 1 fully saturated rings. The van der Waals surface area contributed by atoms with Crippen molar-refractivity contribution in [2.24, 2.45) is 5.73 Å². The van der Waals surface area contributed by atoms with Crippen LogP contribution in [0.15, 0.2) is 24.3 Å². The minimum absolute atomic E-state index is 0.0885. The second kappa shape index (κ2) is 7.40. The maximum Gasteiger partial charge on any atom is 0.240 e. The predicted octanol–water partition coefficient (Wildman–Crippen LogP) is 2.17. The van der Waals surface area contributed by atoms with Gasteiger partial charge in [0.15, 0.2) is 5.78 Å². The van der Waals surface area contributed by atoms with Crippen molar-refractivity contribution >= 4 is 29.2 Å². The smallest absolute Gasteiger partial charge is 0.240 e. The lowest BCUT2D eigenvalue weighted by atomic mass is 10.00. The van der Waals surface area contributed by atoms with Gasteiger partial charge >= 0.3 is 0 Å². The maximum absolute atomic E-state index is 12.2. The van der Waals surface area contributed by atoms with Gasteiger partial charge in [0.05, 0.1) is 0 Å². The molecule has 0 radical (unpaired) electrons. The van der Waals surface area contributed by atoms with Gasteiger partial charge in [-0.2, -0.15) is 0 Å². The van der Waals surface area contributed by atoms with E-state index in [-0.39, 0.29) is 24.5 Å². The van der Waals surface area contributed by atoms with Crippen molar-refractivity contribution in [2.45, 2.75) is 38.1 Å². The third-order valence-corrected chi connectivity index (χ3v) is 4.14. The highest BCUT2D eigenvalue weighted by atomic mass is 35.5. The Bertz CT molecular complexity index is 571. The van der Waals surface area contributed by atoms with Crippen LogP contribution in [0.3, 0.4) is 0 Å². The molecule has 2 amide bonds. The zero-order chi connectivity index (χ0) is 16.1. The molecule has 1 atom stereocenters. The molecule has 1 aliphatic heterocycles. The van der Waals surface area contributed by atoms with Crippen LogP contribution in [0.25, 0.3) is 0 Å². The largest absolute Gasteiger partial charge is 0.368 e. The highest BCUT2D eigenvalue weighted by Crippen LogP contribution is 2.19. The van der Waals surface area contributed by atoms with Crippen LogP contribution in [-0.2, 0) is 9.59 Å². The minimum Gasteiger partial charge on any atom is -0.368 e. The molecule has 1 heterocycles. The average Bonchev–Trinajstić information content (AvgIpc) is 2.53. The van der Waals surface area contributed by atoms with E-state index in [0.29, 0.717) is 23.6 Å². The zero-order valence-corrected chi connectivity index (χ0v) is 13.0. The number of primary amides is 1. The number of amides is 2. The van der Waals surface area contributed by atoms with Crippen molar-refractivity contribution in [3.63, 3.8) is 0 Å². The number of hydrogen-bond donors (Lipinski definition) is 1. The highest BCUT2D eigenvalue weighted by Gasteiger charge is 2.30. The molecule has 1 unspecified atom stereocenters. The molecule has 22 heavy (non-hydrogen) atoms. The maximum atomic E-state index is 12.2. The molecule has 0 spiro atoms. The molecule has 118 valence electrons. The molecule has 0 saturated carbocycles. The Balaban J connectivity index is 1.92. The molecule has 1 aromatic rings. The van der Waals surface area contributed by atoms with Gasteiger partial charge < -0.3 is 10.6 Å². The summed E-state index contributed by atoms with van der Waals surface area (Å²) in [6.45, 7) is 0.529. The fraction of sp³-hybridized carbons (Fsp3) is 0.438. The van der Waals surface area contributed by atoms with Gasteiger partial charge in [-0.3, -0.25) is 14.4 Å². The van der Waals surface area contributed by atoms with E-state index >= 15 is 0 Å². The summed E-state index contributed by atoms with van der Waals surface area (Å²) in [5, 5.41) is 0.560. The van der Waals surface area contributed by atoms with Gasteiger partial charge in [0, 0.05) is 30.0 Å². The summed E-state index contributed by atoms with van der Waals surface area (Å²) in [6, 6.07) is 6.03. The first kappa shape index (κ1) is 16.5. The molecule has 1 saturated heterocycles. The molecule has 2 N–H and O–H groups in total. The Morgan fingerprint density at radius 1 is 1.14 bits per heavy atom. The van der Waals surface area contributed by atoms with Crippen LogP contribution in [0, 0.1) is 0 Å². The molecule has 1 aliphatic rings. The van der Waals surface area contributed by atoms with E-state index in [9.17, 15) is 14.4 Å². The van der Waals surface area contributed by atoms with Crippen molar-refractivity contribution in [3.8, 4) is 0 Å². The van der Waals surface area contributed by atoms with Crippen molar-refractivity contribution in [3.05, 3.63) is 34.9 Å². The first-order valence-corrected chi connectivity index (χ1v) is 7.74. The highest BCUT2D eigenvalue weighted by molar-refractivity contribution is 6.30. The number of ketones is 1. The minimum atomic E-state index is -0.535. The lowest BCUT2D eigenvalue weighted by Gasteiger charge is -2.33. The zero-order valence-electron chi connectivity index (χ0n) is 12.3. The number of halogens is 1. The Kier molecular flexibility index (Phi) is 5.55. The van der Waals surface area contributed by atoms with Gasteiger partial charge in [-0.15, -0.1) is 0 Å². The molecule has 6 heteroatoms. The van der Waals surface area contributed by atoms with Crippen molar-refractivity contribution in [2.75, 3.05) is 6.54 Å². The summed E-state index contributed by atoms with van der Waals surface area (Å²) in [5.74, 6) is -0.777. The van der Waals surface area contributed by atoms with Gasteiger partial charge in [-0.05, 0) is 43.5 Å². The molecular formula is C16H19ClN2O3. The quantitative estimate of drug-likeness (QED) is 0.844. The van der Waals surface area contributed by atoms with Crippen LogP contribution >= 0.6 is 11.6 Å². The summed E-state index contributed by atoms with van der Waals surface area (Å²) in [6.07, 6.45) is 2.56. The third-order valence-electron chi connectivity index (χ3n) is 3.88. The third kappa shape index (κ3) is 4.07. The van der Waals surface area contributed by atoms with E-state index in [1.165, 1.54) is 4.90 Å². The van der Waals surface area contributed by atoms with Crippen LogP contribution in [-0.4, -0.2) is 35.1 Å². The molecule has 0 aliphatic carbocycles. The van der Waals surface area contributed by atoms with Gasteiger partial charge in [-0.25, -0.2) is 0 Å².